The molecule has 2 rings (SSSR count). The Morgan fingerprint density at radius 3 is 2.62 bits per heavy atom. The highest BCUT2D eigenvalue weighted by Gasteiger charge is 2.11. The molecule has 0 amide bonds. The van der Waals surface area contributed by atoms with E-state index in [-0.39, 0.29) is 17.2 Å². The van der Waals surface area contributed by atoms with E-state index in [9.17, 15) is 9.18 Å². The molecule has 1 aromatic heterocycles. The SMILES string of the molecule is Nc1ccc(-c2ccc(C(=O)O)o2)cc1F. The van der Waals surface area contributed by atoms with E-state index in [1.807, 2.05) is 0 Å². The number of carboxylic acid groups (broad SMARTS) is 1. The largest absolute Gasteiger partial charge is 0.475 e. The minimum atomic E-state index is -1.16. The van der Waals surface area contributed by atoms with Crippen molar-refractivity contribution in [3.05, 3.63) is 41.9 Å². The molecule has 2 aromatic rings. The van der Waals surface area contributed by atoms with Crippen molar-refractivity contribution in [3.8, 4) is 11.3 Å². The summed E-state index contributed by atoms with van der Waals surface area (Å²) in [7, 11) is 0. The normalized spacial score (nSPS) is 10.3. The summed E-state index contributed by atoms with van der Waals surface area (Å²) >= 11 is 0. The zero-order chi connectivity index (χ0) is 11.7. The lowest BCUT2D eigenvalue weighted by atomic mass is 10.1. The molecule has 0 aliphatic heterocycles. The van der Waals surface area contributed by atoms with Gasteiger partial charge in [-0.2, -0.15) is 0 Å². The van der Waals surface area contributed by atoms with Crippen LogP contribution in [0.3, 0.4) is 0 Å². The number of hydrogen-bond donors (Lipinski definition) is 2. The second-order valence-electron chi connectivity index (χ2n) is 3.21. The number of carboxylic acids is 1. The van der Waals surface area contributed by atoms with Crippen LogP contribution in [0.25, 0.3) is 11.3 Å². The number of rotatable bonds is 2. The van der Waals surface area contributed by atoms with Crippen molar-refractivity contribution in [2.45, 2.75) is 0 Å². The predicted molar refractivity (Wildman–Crippen MR) is 55.5 cm³/mol. The molecule has 0 saturated carbocycles. The Balaban J connectivity index is 2.42. The maximum absolute atomic E-state index is 13.1. The van der Waals surface area contributed by atoms with Crippen LogP contribution in [-0.4, -0.2) is 11.1 Å². The zero-order valence-corrected chi connectivity index (χ0v) is 8.11. The molecule has 0 saturated heterocycles. The Morgan fingerprint density at radius 1 is 1.31 bits per heavy atom. The van der Waals surface area contributed by atoms with Crippen LogP contribution < -0.4 is 5.73 Å². The van der Waals surface area contributed by atoms with Gasteiger partial charge in [-0.05, 0) is 30.3 Å². The first kappa shape index (κ1) is 10.2. The van der Waals surface area contributed by atoms with Crippen LogP contribution in [0, 0.1) is 5.82 Å². The molecule has 0 bridgehead atoms. The highest BCUT2D eigenvalue weighted by atomic mass is 19.1. The van der Waals surface area contributed by atoms with E-state index in [0.717, 1.165) is 0 Å². The van der Waals surface area contributed by atoms with Crippen molar-refractivity contribution < 1.29 is 18.7 Å². The average Bonchev–Trinajstić information content (AvgIpc) is 2.71. The van der Waals surface area contributed by atoms with Crippen LogP contribution in [0.4, 0.5) is 10.1 Å². The van der Waals surface area contributed by atoms with Crippen molar-refractivity contribution in [3.63, 3.8) is 0 Å². The van der Waals surface area contributed by atoms with Gasteiger partial charge in [0, 0.05) is 5.56 Å². The number of benzene rings is 1. The summed E-state index contributed by atoms with van der Waals surface area (Å²) in [6.07, 6.45) is 0. The van der Waals surface area contributed by atoms with Gasteiger partial charge in [0.15, 0.2) is 0 Å². The van der Waals surface area contributed by atoms with Crippen LogP contribution in [0.1, 0.15) is 10.6 Å². The molecule has 0 radical (unpaired) electrons. The molecule has 0 spiro atoms. The Kier molecular flexibility index (Phi) is 2.36. The maximum atomic E-state index is 13.1. The lowest BCUT2D eigenvalue weighted by molar-refractivity contribution is 0.0663. The predicted octanol–water partition coefficient (Wildman–Crippen LogP) is 2.37. The lowest BCUT2D eigenvalue weighted by Gasteiger charge is -1.99. The molecule has 1 heterocycles. The Bertz CT molecular complexity index is 548. The van der Waals surface area contributed by atoms with E-state index in [0.29, 0.717) is 5.56 Å². The summed E-state index contributed by atoms with van der Waals surface area (Å²) in [4.78, 5) is 10.6. The fraction of sp³-hybridized carbons (Fsp3) is 0. The van der Waals surface area contributed by atoms with Gasteiger partial charge in [-0.1, -0.05) is 0 Å². The van der Waals surface area contributed by atoms with E-state index < -0.39 is 11.8 Å². The monoisotopic (exact) mass is 221 g/mol. The number of halogens is 1. The van der Waals surface area contributed by atoms with Gasteiger partial charge in [0.2, 0.25) is 5.76 Å². The summed E-state index contributed by atoms with van der Waals surface area (Å²) in [5.74, 6) is -1.63. The molecule has 1 aromatic carbocycles. The van der Waals surface area contributed by atoms with E-state index in [1.165, 1.54) is 24.3 Å². The standard InChI is InChI=1S/C11H8FNO3/c12-7-5-6(1-2-8(7)13)9-3-4-10(16-9)11(14)15/h1-5H,13H2,(H,14,15). The number of aromatic carboxylic acids is 1. The topological polar surface area (TPSA) is 76.5 Å². The van der Waals surface area contributed by atoms with Crippen LogP contribution in [0.5, 0.6) is 0 Å². The molecule has 16 heavy (non-hydrogen) atoms. The van der Waals surface area contributed by atoms with Gasteiger partial charge >= 0.3 is 5.97 Å². The van der Waals surface area contributed by atoms with Crippen LogP contribution in [0.15, 0.2) is 34.7 Å². The summed E-state index contributed by atoms with van der Waals surface area (Å²) in [6, 6.07) is 6.93. The molecule has 0 fully saturated rings. The Morgan fingerprint density at radius 2 is 2.06 bits per heavy atom. The molecule has 0 unspecified atom stereocenters. The average molecular weight is 221 g/mol. The quantitative estimate of drug-likeness (QED) is 0.763. The first-order valence-electron chi connectivity index (χ1n) is 4.46. The Hall–Kier alpha value is -2.30. The van der Waals surface area contributed by atoms with Gasteiger partial charge in [-0.15, -0.1) is 0 Å². The minimum absolute atomic E-state index is 0.0359. The first-order chi connectivity index (χ1) is 7.58. The third-order valence-electron chi connectivity index (χ3n) is 2.10. The third-order valence-corrected chi connectivity index (χ3v) is 2.10. The third kappa shape index (κ3) is 1.75. The molecular formula is C11H8FNO3. The summed E-state index contributed by atoms with van der Waals surface area (Å²) in [6.45, 7) is 0. The second-order valence-corrected chi connectivity index (χ2v) is 3.21. The van der Waals surface area contributed by atoms with E-state index in [1.54, 1.807) is 6.07 Å². The number of furan rings is 1. The molecule has 0 atom stereocenters. The van der Waals surface area contributed by atoms with Gasteiger partial charge < -0.3 is 15.3 Å². The maximum Gasteiger partial charge on any atom is 0.371 e. The number of anilines is 1. The van der Waals surface area contributed by atoms with Crippen molar-refractivity contribution >= 4 is 11.7 Å². The zero-order valence-electron chi connectivity index (χ0n) is 8.11. The molecule has 82 valence electrons. The number of carbonyl (C=O) groups is 1. The van der Waals surface area contributed by atoms with Crippen molar-refractivity contribution in [1.29, 1.82) is 0 Å². The summed E-state index contributed by atoms with van der Waals surface area (Å²) in [5.41, 5.74) is 5.80. The highest BCUT2D eigenvalue weighted by Crippen LogP contribution is 2.24. The van der Waals surface area contributed by atoms with Gasteiger partial charge in [-0.25, -0.2) is 9.18 Å². The van der Waals surface area contributed by atoms with Gasteiger partial charge in [0.05, 0.1) is 5.69 Å². The number of hydrogen-bond acceptors (Lipinski definition) is 3. The van der Waals surface area contributed by atoms with Crippen LogP contribution in [-0.2, 0) is 0 Å². The van der Waals surface area contributed by atoms with Gasteiger partial charge in [0.1, 0.15) is 11.6 Å². The smallest absolute Gasteiger partial charge is 0.371 e. The highest BCUT2D eigenvalue weighted by molar-refractivity contribution is 5.85. The second kappa shape index (κ2) is 3.69. The number of nitrogen functional groups attached to an aromatic ring is 1. The van der Waals surface area contributed by atoms with E-state index >= 15 is 0 Å². The van der Waals surface area contributed by atoms with Gasteiger partial charge in [-0.3, -0.25) is 0 Å². The summed E-state index contributed by atoms with van der Waals surface area (Å²) < 4.78 is 18.2. The minimum Gasteiger partial charge on any atom is -0.475 e. The molecular weight excluding hydrogens is 213 g/mol. The fourth-order valence-electron chi connectivity index (χ4n) is 1.29. The fourth-order valence-corrected chi connectivity index (χ4v) is 1.29. The Labute approximate surface area is 90.1 Å². The molecule has 3 N–H and O–H groups in total. The van der Waals surface area contributed by atoms with Crippen molar-refractivity contribution in [2.24, 2.45) is 0 Å². The number of nitrogens with two attached hydrogens (primary N) is 1. The molecule has 5 heteroatoms. The molecule has 0 aliphatic rings. The van der Waals surface area contributed by atoms with Crippen molar-refractivity contribution in [1.82, 2.24) is 0 Å². The molecule has 4 nitrogen and oxygen atoms in total. The van der Waals surface area contributed by atoms with Crippen LogP contribution >= 0.6 is 0 Å². The molecule has 0 aliphatic carbocycles. The lowest BCUT2D eigenvalue weighted by Crippen LogP contribution is -1.92. The van der Waals surface area contributed by atoms with E-state index in [2.05, 4.69) is 0 Å². The van der Waals surface area contributed by atoms with Crippen molar-refractivity contribution in [2.75, 3.05) is 5.73 Å². The first-order valence-corrected chi connectivity index (χ1v) is 4.46. The van der Waals surface area contributed by atoms with E-state index in [4.69, 9.17) is 15.3 Å². The van der Waals surface area contributed by atoms with Crippen LogP contribution in [0.2, 0.25) is 0 Å². The summed E-state index contributed by atoms with van der Waals surface area (Å²) in [5, 5.41) is 8.66. The van der Waals surface area contributed by atoms with Gasteiger partial charge in [0.25, 0.3) is 0 Å².